The fourth-order valence-corrected chi connectivity index (χ4v) is 5.32. The SMILES string of the molecule is CC1CCN(S(=O)(=O)c2cc(C(=O)OCC(=O)NC3CC3)ccc2Br)CC1. The Balaban J connectivity index is 1.71. The maximum Gasteiger partial charge on any atom is 0.338 e. The number of rotatable bonds is 6. The second-order valence-electron chi connectivity index (χ2n) is 7.15. The van der Waals surface area contributed by atoms with Gasteiger partial charge in [0.1, 0.15) is 0 Å². The Bertz CT molecular complexity index is 830. The lowest BCUT2D eigenvalue weighted by atomic mass is 10.0. The number of hydrogen-bond donors (Lipinski definition) is 1. The van der Waals surface area contributed by atoms with Crippen LogP contribution in [0.25, 0.3) is 0 Å². The van der Waals surface area contributed by atoms with Crippen LogP contribution in [-0.2, 0) is 19.6 Å². The van der Waals surface area contributed by atoms with Crippen LogP contribution in [0.2, 0.25) is 0 Å². The summed E-state index contributed by atoms with van der Waals surface area (Å²) >= 11 is 3.27. The molecule has 3 rings (SSSR count). The first-order valence-corrected chi connectivity index (χ1v) is 11.3. The molecule has 1 N–H and O–H groups in total. The molecule has 1 aromatic carbocycles. The second kappa shape index (κ2) is 8.28. The minimum absolute atomic E-state index is 0.0361. The largest absolute Gasteiger partial charge is 0.452 e. The fourth-order valence-electron chi connectivity index (χ4n) is 2.90. The molecule has 1 aliphatic carbocycles. The molecule has 9 heteroatoms. The zero-order chi connectivity index (χ0) is 19.6. The molecule has 0 aromatic heterocycles. The first-order valence-electron chi connectivity index (χ1n) is 9.03. The predicted octanol–water partition coefficient (Wildman–Crippen LogP) is 2.31. The maximum atomic E-state index is 13.0. The van der Waals surface area contributed by atoms with Crippen LogP contribution in [0.1, 0.15) is 43.0 Å². The molecular formula is C18H23BrN2O5S. The number of halogens is 1. The van der Waals surface area contributed by atoms with Crippen LogP contribution < -0.4 is 5.32 Å². The van der Waals surface area contributed by atoms with E-state index in [-0.39, 0.29) is 29.0 Å². The van der Waals surface area contributed by atoms with Crippen LogP contribution in [0.4, 0.5) is 0 Å². The Morgan fingerprint density at radius 1 is 1.22 bits per heavy atom. The van der Waals surface area contributed by atoms with E-state index in [1.807, 2.05) is 0 Å². The molecule has 1 saturated heterocycles. The van der Waals surface area contributed by atoms with Crippen molar-refractivity contribution in [2.24, 2.45) is 5.92 Å². The summed E-state index contributed by atoms with van der Waals surface area (Å²) in [7, 11) is -3.71. The highest BCUT2D eigenvalue weighted by molar-refractivity contribution is 9.10. The van der Waals surface area contributed by atoms with Gasteiger partial charge in [-0.2, -0.15) is 4.31 Å². The lowest BCUT2D eigenvalue weighted by molar-refractivity contribution is -0.124. The van der Waals surface area contributed by atoms with Crippen molar-refractivity contribution in [1.82, 2.24) is 9.62 Å². The van der Waals surface area contributed by atoms with Crippen molar-refractivity contribution in [3.8, 4) is 0 Å². The molecule has 148 valence electrons. The van der Waals surface area contributed by atoms with Crippen LogP contribution in [-0.4, -0.2) is 50.3 Å². The first-order chi connectivity index (χ1) is 12.8. The van der Waals surface area contributed by atoms with E-state index in [2.05, 4.69) is 28.2 Å². The Morgan fingerprint density at radius 2 is 1.89 bits per heavy atom. The Kier molecular flexibility index (Phi) is 6.22. The van der Waals surface area contributed by atoms with Crippen molar-refractivity contribution in [3.63, 3.8) is 0 Å². The number of nitrogens with one attached hydrogen (secondary N) is 1. The van der Waals surface area contributed by atoms with E-state index in [1.165, 1.54) is 22.5 Å². The zero-order valence-corrected chi connectivity index (χ0v) is 17.5. The average molecular weight is 459 g/mol. The minimum Gasteiger partial charge on any atom is -0.452 e. The van der Waals surface area contributed by atoms with E-state index in [1.54, 1.807) is 0 Å². The van der Waals surface area contributed by atoms with Gasteiger partial charge in [-0.25, -0.2) is 13.2 Å². The van der Waals surface area contributed by atoms with Crippen molar-refractivity contribution in [2.75, 3.05) is 19.7 Å². The van der Waals surface area contributed by atoms with Gasteiger partial charge in [0.05, 0.1) is 10.5 Å². The number of amides is 1. The van der Waals surface area contributed by atoms with Gasteiger partial charge in [0.15, 0.2) is 6.61 Å². The van der Waals surface area contributed by atoms with E-state index in [0.29, 0.717) is 23.5 Å². The summed E-state index contributed by atoms with van der Waals surface area (Å²) in [5.41, 5.74) is 0.0985. The molecule has 1 saturated carbocycles. The standard InChI is InChI=1S/C18H23BrN2O5S/c1-12-6-8-21(9-7-12)27(24,25)16-10-13(2-5-15(16)19)18(23)26-11-17(22)20-14-3-4-14/h2,5,10,12,14H,3-4,6-9,11H2,1H3,(H,20,22). The third-order valence-corrected chi connectivity index (χ3v) is 7.70. The number of ether oxygens (including phenoxy) is 1. The highest BCUT2D eigenvalue weighted by atomic mass is 79.9. The molecule has 0 unspecified atom stereocenters. The Labute approximate surface area is 167 Å². The summed E-state index contributed by atoms with van der Waals surface area (Å²) in [5.74, 6) is -0.571. The molecule has 1 aliphatic heterocycles. The molecule has 0 radical (unpaired) electrons. The molecule has 2 fully saturated rings. The topological polar surface area (TPSA) is 92.8 Å². The number of nitrogens with zero attached hydrogens (tertiary/aromatic N) is 1. The van der Waals surface area contributed by atoms with E-state index < -0.39 is 16.0 Å². The molecule has 2 aliphatic rings. The van der Waals surface area contributed by atoms with Gasteiger partial charge in [0.25, 0.3) is 5.91 Å². The predicted molar refractivity (Wildman–Crippen MR) is 103 cm³/mol. The minimum atomic E-state index is -3.71. The number of benzene rings is 1. The molecule has 0 bridgehead atoms. The van der Waals surface area contributed by atoms with Crippen molar-refractivity contribution >= 4 is 37.8 Å². The van der Waals surface area contributed by atoms with Crippen molar-refractivity contribution < 1.29 is 22.7 Å². The third kappa shape index (κ3) is 5.08. The van der Waals surface area contributed by atoms with Crippen LogP contribution in [0.5, 0.6) is 0 Å². The molecule has 1 aromatic rings. The summed E-state index contributed by atoms with van der Waals surface area (Å²) in [6.45, 7) is 2.66. The van der Waals surface area contributed by atoms with Crippen LogP contribution >= 0.6 is 15.9 Å². The fraction of sp³-hybridized carbons (Fsp3) is 0.556. The summed E-state index contributed by atoms with van der Waals surface area (Å²) in [4.78, 5) is 23.9. The van der Waals surface area contributed by atoms with Gasteiger partial charge in [-0.1, -0.05) is 6.92 Å². The van der Waals surface area contributed by atoms with Gasteiger partial charge < -0.3 is 10.1 Å². The molecule has 7 nitrogen and oxygen atoms in total. The highest BCUT2D eigenvalue weighted by Gasteiger charge is 2.30. The van der Waals surface area contributed by atoms with Crippen molar-refractivity contribution in [2.45, 2.75) is 43.5 Å². The van der Waals surface area contributed by atoms with E-state index in [0.717, 1.165) is 25.7 Å². The summed E-state index contributed by atoms with van der Waals surface area (Å²) in [6, 6.07) is 4.48. The molecule has 0 atom stereocenters. The van der Waals surface area contributed by atoms with Gasteiger partial charge in [-0.3, -0.25) is 4.79 Å². The lowest BCUT2D eigenvalue weighted by Crippen LogP contribution is -2.38. The molecule has 27 heavy (non-hydrogen) atoms. The zero-order valence-electron chi connectivity index (χ0n) is 15.1. The summed E-state index contributed by atoms with van der Waals surface area (Å²) in [6.07, 6.45) is 3.52. The molecule has 0 spiro atoms. The number of piperidine rings is 1. The van der Waals surface area contributed by atoms with Crippen LogP contribution in [0.3, 0.4) is 0 Å². The summed E-state index contributed by atoms with van der Waals surface area (Å²) < 4.78 is 32.8. The van der Waals surface area contributed by atoms with E-state index >= 15 is 0 Å². The van der Waals surface area contributed by atoms with Gasteiger partial charge in [0, 0.05) is 23.6 Å². The van der Waals surface area contributed by atoms with Crippen molar-refractivity contribution in [3.05, 3.63) is 28.2 Å². The molecular weight excluding hydrogens is 436 g/mol. The number of carbonyl (C=O) groups is 2. The van der Waals surface area contributed by atoms with Gasteiger partial charge in [0.2, 0.25) is 10.0 Å². The summed E-state index contributed by atoms with van der Waals surface area (Å²) in [5, 5.41) is 2.73. The van der Waals surface area contributed by atoms with E-state index in [4.69, 9.17) is 4.74 Å². The number of esters is 1. The Hall–Kier alpha value is -1.45. The second-order valence-corrected chi connectivity index (χ2v) is 9.91. The number of carbonyl (C=O) groups excluding carboxylic acids is 2. The van der Waals surface area contributed by atoms with Gasteiger partial charge in [-0.15, -0.1) is 0 Å². The number of hydrogen-bond acceptors (Lipinski definition) is 5. The van der Waals surface area contributed by atoms with E-state index in [9.17, 15) is 18.0 Å². The average Bonchev–Trinajstić information content (AvgIpc) is 3.44. The van der Waals surface area contributed by atoms with Gasteiger partial charge >= 0.3 is 5.97 Å². The molecule has 1 heterocycles. The van der Waals surface area contributed by atoms with Crippen LogP contribution in [0, 0.1) is 5.92 Å². The van der Waals surface area contributed by atoms with Crippen molar-refractivity contribution in [1.29, 1.82) is 0 Å². The van der Waals surface area contributed by atoms with Gasteiger partial charge in [-0.05, 0) is 65.7 Å². The third-order valence-electron chi connectivity index (χ3n) is 4.80. The molecule has 1 amide bonds. The normalized spacial score (nSPS) is 18.9. The quantitative estimate of drug-likeness (QED) is 0.660. The highest BCUT2D eigenvalue weighted by Crippen LogP contribution is 2.29. The monoisotopic (exact) mass is 458 g/mol. The Morgan fingerprint density at radius 3 is 2.52 bits per heavy atom. The lowest BCUT2D eigenvalue weighted by Gasteiger charge is -2.29. The first kappa shape index (κ1) is 20.3. The smallest absolute Gasteiger partial charge is 0.338 e. The van der Waals surface area contributed by atoms with Crippen LogP contribution in [0.15, 0.2) is 27.6 Å². The number of sulfonamides is 1. The maximum absolute atomic E-state index is 13.0.